The first-order valence-electron chi connectivity index (χ1n) is 7.82. The highest BCUT2D eigenvalue weighted by molar-refractivity contribution is 7.92. The molecule has 0 aliphatic heterocycles. The summed E-state index contributed by atoms with van der Waals surface area (Å²) in [5.74, 6) is -2.46. The Labute approximate surface area is 151 Å². The second kappa shape index (κ2) is 8.95. The zero-order chi connectivity index (χ0) is 19.0. The van der Waals surface area contributed by atoms with E-state index in [0.29, 0.717) is 18.0 Å². The first-order valence-corrected chi connectivity index (χ1v) is 9.65. The van der Waals surface area contributed by atoms with Crippen LogP contribution in [0.5, 0.6) is 5.75 Å². The molecule has 2 amide bonds. The van der Waals surface area contributed by atoms with E-state index in [4.69, 9.17) is 4.74 Å². The van der Waals surface area contributed by atoms with E-state index in [2.05, 4.69) is 15.6 Å². The molecule has 9 heteroatoms. The molecular weight excluding hydrogens is 358 g/mol. The predicted octanol–water partition coefficient (Wildman–Crippen LogP) is 1.47. The number of anilines is 2. The molecule has 1 heterocycles. The highest BCUT2D eigenvalue weighted by Gasteiger charge is 2.21. The van der Waals surface area contributed by atoms with E-state index >= 15 is 0 Å². The fourth-order valence-electron chi connectivity index (χ4n) is 2.10. The van der Waals surface area contributed by atoms with E-state index in [9.17, 15) is 18.0 Å². The number of para-hydroxylation sites is 2. The van der Waals surface area contributed by atoms with Gasteiger partial charge in [0.25, 0.3) is 0 Å². The molecule has 0 radical (unpaired) electrons. The number of rotatable bonds is 8. The molecule has 8 nitrogen and oxygen atoms in total. The second-order valence-corrected chi connectivity index (χ2v) is 7.34. The molecule has 138 valence electrons. The van der Waals surface area contributed by atoms with Gasteiger partial charge in [-0.3, -0.25) is 9.59 Å². The molecule has 0 atom stereocenters. The normalized spacial score (nSPS) is 10.8. The zero-order valence-corrected chi connectivity index (χ0v) is 15.0. The fourth-order valence-corrected chi connectivity index (χ4v) is 3.15. The molecule has 0 aliphatic carbocycles. The average Bonchev–Trinajstić information content (AvgIpc) is 2.56. The molecule has 2 N–H and O–H groups in total. The van der Waals surface area contributed by atoms with Gasteiger partial charge in [-0.15, -0.1) is 0 Å². The fraction of sp³-hybridized carbons (Fsp3) is 0.235. The van der Waals surface area contributed by atoms with Crippen molar-refractivity contribution in [3.05, 3.63) is 48.7 Å². The second-order valence-electron chi connectivity index (χ2n) is 5.27. The third kappa shape index (κ3) is 6.17. The Morgan fingerprint density at radius 1 is 1.00 bits per heavy atom. The molecule has 2 rings (SSSR count). The Morgan fingerprint density at radius 2 is 1.65 bits per heavy atom. The van der Waals surface area contributed by atoms with Crippen LogP contribution in [0.4, 0.5) is 11.5 Å². The largest absolute Gasteiger partial charge is 0.492 e. The number of nitrogens with zero attached hydrogens (tertiary/aromatic N) is 1. The van der Waals surface area contributed by atoms with Crippen LogP contribution in [0.3, 0.4) is 0 Å². The van der Waals surface area contributed by atoms with Gasteiger partial charge in [-0.2, -0.15) is 0 Å². The number of hydrogen-bond acceptors (Lipinski definition) is 6. The van der Waals surface area contributed by atoms with Crippen molar-refractivity contribution in [2.24, 2.45) is 0 Å². The van der Waals surface area contributed by atoms with Gasteiger partial charge in [-0.25, -0.2) is 13.4 Å². The summed E-state index contributed by atoms with van der Waals surface area (Å²) in [4.78, 5) is 27.7. The van der Waals surface area contributed by atoms with Gasteiger partial charge < -0.3 is 15.4 Å². The summed E-state index contributed by atoms with van der Waals surface area (Å²) in [7, 11) is -3.94. The third-order valence-corrected chi connectivity index (χ3v) is 4.50. The van der Waals surface area contributed by atoms with Gasteiger partial charge in [0.1, 0.15) is 23.1 Å². The molecule has 2 aromatic rings. The number of amides is 2. The smallest absolute Gasteiger partial charge is 0.240 e. The minimum absolute atomic E-state index is 0.239. The summed E-state index contributed by atoms with van der Waals surface area (Å²) in [6, 6.07) is 11.5. The number of carbonyl (C=O) groups excluding carboxylic acids is 2. The minimum atomic E-state index is -3.94. The summed E-state index contributed by atoms with van der Waals surface area (Å²) < 4.78 is 29.5. The Hall–Kier alpha value is -2.94. The number of ether oxygens (including phenoxy) is 1. The van der Waals surface area contributed by atoms with Crippen molar-refractivity contribution in [3.8, 4) is 5.75 Å². The van der Waals surface area contributed by atoms with Gasteiger partial charge in [0, 0.05) is 6.20 Å². The summed E-state index contributed by atoms with van der Waals surface area (Å²) in [6.45, 7) is 2.20. The van der Waals surface area contributed by atoms with Crippen LogP contribution in [0.2, 0.25) is 0 Å². The first kappa shape index (κ1) is 19.4. The van der Waals surface area contributed by atoms with Crippen LogP contribution in [-0.4, -0.2) is 43.3 Å². The summed E-state index contributed by atoms with van der Waals surface area (Å²) in [6.07, 6.45) is 1.47. The molecule has 0 saturated heterocycles. The van der Waals surface area contributed by atoms with Gasteiger partial charge in [0.2, 0.25) is 11.8 Å². The van der Waals surface area contributed by atoms with Gasteiger partial charge in [0.05, 0.1) is 12.3 Å². The van der Waals surface area contributed by atoms with E-state index in [-0.39, 0.29) is 5.82 Å². The monoisotopic (exact) mass is 377 g/mol. The lowest BCUT2D eigenvalue weighted by molar-refractivity contribution is -0.114. The van der Waals surface area contributed by atoms with E-state index in [1.807, 2.05) is 0 Å². The molecule has 0 aliphatic rings. The van der Waals surface area contributed by atoms with Crippen molar-refractivity contribution >= 4 is 33.2 Å². The Balaban J connectivity index is 1.94. The number of nitrogens with one attached hydrogen (secondary N) is 2. The van der Waals surface area contributed by atoms with Gasteiger partial charge >= 0.3 is 0 Å². The molecule has 0 saturated carbocycles. The summed E-state index contributed by atoms with van der Waals surface area (Å²) in [5, 5.41) is 4.85. The standard InChI is InChI=1S/C17H19N3O5S/c1-2-25-14-8-4-3-7-13(14)19-16(21)11-26(23,24)12-17(22)20-15-9-5-6-10-18-15/h3-10H,2,11-12H2,1H3,(H,19,21)(H,18,20,22). The maximum absolute atomic E-state index is 12.1. The van der Waals surface area contributed by atoms with Crippen LogP contribution < -0.4 is 15.4 Å². The SMILES string of the molecule is CCOc1ccccc1NC(=O)CS(=O)(=O)CC(=O)Nc1ccccn1. The van der Waals surface area contributed by atoms with Crippen LogP contribution >= 0.6 is 0 Å². The number of hydrogen-bond donors (Lipinski definition) is 2. The van der Waals surface area contributed by atoms with E-state index in [1.165, 1.54) is 12.3 Å². The number of aromatic nitrogens is 1. The van der Waals surface area contributed by atoms with Gasteiger partial charge in [-0.1, -0.05) is 18.2 Å². The molecule has 0 spiro atoms. The summed E-state index contributed by atoms with van der Waals surface area (Å²) >= 11 is 0. The number of carbonyl (C=O) groups is 2. The van der Waals surface area contributed by atoms with Crippen molar-refractivity contribution in [1.82, 2.24) is 4.98 Å². The predicted molar refractivity (Wildman–Crippen MR) is 97.8 cm³/mol. The molecule has 0 unspecified atom stereocenters. The van der Waals surface area contributed by atoms with Crippen molar-refractivity contribution in [1.29, 1.82) is 0 Å². The van der Waals surface area contributed by atoms with Gasteiger partial charge in [0.15, 0.2) is 9.84 Å². The lowest BCUT2D eigenvalue weighted by Gasteiger charge is -2.11. The number of pyridine rings is 1. The van der Waals surface area contributed by atoms with Crippen LogP contribution in [0.15, 0.2) is 48.7 Å². The molecular formula is C17H19N3O5S. The molecule has 0 fully saturated rings. The van der Waals surface area contributed by atoms with Crippen molar-refractivity contribution in [3.63, 3.8) is 0 Å². The molecule has 1 aromatic heterocycles. The van der Waals surface area contributed by atoms with Crippen molar-refractivity contribution in [2.45, 2.75) is 6.92 Å². The highest BCUT2D eigenvalue weighted by atomic mass is 32.2. The van der Waals surface area contributed by atoms with Crippen LogP contribution in [0, 0.1) is 0 Å². The quantitative estimate of drug-likeness (QED) is 0.720. The number of sulfone groups is 1. The van der Waals surface area contributed by atoms with E-state index in [0.717, 1.165) is 0 Å². The van der Waals surface area contributed by atoms with Crippen molar-refractivity contribution < 1.29 is 22.7 Å². The van der Waals surface area contributed by atoms with Crippen LogP contribution in [0.1, 0.15) is 6.92 Å². The van der Waals surface area contributed by atoms with E-state index in [1.54, 1.807) is 43.3 Å². The zero-order valence-electron chi connectivity index (χ0n) is 14.1. The molecule has 1 aromatic carbocycles. The summed E-state index contributed by atoms with van der Waals surface area (Å²) in [5.41, 5.74) is 0.368. The molecule has 0 bridgehead atoms. The maximum atomic E-state index is 12.1. The highest BCUT2D eigenvalue weighted by Crippen LogP contribution is 2.23. The Kier molecular flexibility index (Phi) is 6.67. The average molecular weight is 377 g/mol. The lowest BCUT2D eigenvalue weighted by atomic mass is 10.3. The maximum Gasteiger partial charge on any atom is 0.240 e. The lowest BCUT2D eigenvalue weighted by Crippen LogP contribution is -2.30. The molecule has 26 heavy (non-hydrogen) atoms. The number of benzene rings is 1. The van der Waals surface area contributed by atoms with Crippen molar-refractivity contribution in [2.75, 3.05) is 28.7 Å². The Bertz CT molecular complexity index is 869. The third-order valence-electron chi connectivity index (χ3n) is 3.10. The minimum Gasteiger partial charge on any atom is -0.492 e. The van der Waals surface area contributed by atoms with Crippen LogP contribution in [-0.2, 0) is 19.4 Å². The Morgan fingerprint density at radius 3 is 2.31 bits per heavy atom. The van der Waals surface area contributed by atoms with Crippen LogP contribution in [0.25, 0.3) is 0 Å². The van der Waals surface area contributed by atoms with E-state index < -0.39 is 33.2 Å². The topological polar surface area (TPSA) is 114 Å². The van der Waals surface area contributed by atoms with Gasteiger partial charge in [-0.05, 0) is 31.2 Å². The first-order chi connectivity index (χ1) is 12.4.